The van der Waals surface area contributed by atoms with Crippen LogP contribution in [0.2, 0.25) is 0 Å². The van der Waals surface area contributed by atoms with Gasteiger partial charge in [0.25, 0.3) is 0 Å². The Bertz CT molecular complexity index is 663. The lowest BCUT2D eigenvalue weighted by atomic mass is 10.0. The number of guanidine groups is 1. The molecule has 23 heavy (non-hydrogen) atoms. The van der Waals surface area contributed by atoms with Gasteiger partial charge in [-0.1, -0.05) is 31.2 Å². The summed E-state index contributed by atoms with van der Waals surface area (Å²) in [4.78, 5) is 4.37. The summed E-state index contributed by atoms with van der Waals surface area (Å²) in [5.41, 5.74) is 4.24. The number of rotatable bonds is 5. The van der Waals surface area contributed by atoms with Crippen LogP contribution in [0.15, 0.2) is 46.1 Å². The summed E-state index contributed by atoms with van der Waals surface area (Å²) < 4.78 is 0. The Morgan fingerprint density at radius 3 is 2.87 bits per heavy atom. The second-order valence-electron chi connectivity index (χ2n) is 6.36. The van der Waals surface area contributed by atoms with Gasteiger partial charge in [0.15, 0.2) is 5.96 Å². The molecule has 2 N–H and O–H groups in total. The second-order valence-corrected chi connectivity index (χ2v) is 7.14. The first kappa shape index (κ1) is 16.1. The van der Waals surface area contributed by atoms with Crippen molar-refractivity contribution in [2.45, 2.75) is 38.1 Å². The molecule has 122 valence electrons. The van der Waals surface area contributed by atoms with Gasteiger partial charge in [0.1, 0.15) is 0 Å². The minimum atomic E-state index is 0.492. The number of benzene rings is 1. The lowest BCUT2D eigenvalue weighted by molar-refractivity contribution is 0.697. The molecule has 3 rings (SSSR count). The number of thiophene rings is 1. The van der Waals surface area contributed by atoms with E-state index in [-0.39, 0.29) is 0 Å². The fourth-order valence-electron chi connectivity index (χ4n) is 2.99. The van der Waals surface area contributed by atoms with E-state index in [1.54, 1.807) is 11.3 Å². The molecule has 3 nitrogen and oxygen atoms in total. The van der Waals surface area contributed by atoms with Crippen molar-refractivity contribution < 1.29 is 0 Å². The number of hydrogen-bond donors (Lipinski definition) is 2. The van der Waals surface area contributed by atoms with Gasteiger partial charge < -0.3 is 10.6 Å². The van der Waals surface area contributed by atoms with E-state index in [0.717, 1.165) is 12.5 Å². The van der Waals surface area contributed by atoms with Gasteiger partial charge in [0.2, 0.25) is 0 Å². The Kier molecular flexibility index (Phi) is 5.01. The van der Waals surface area contributed by atoms with E-state index in [1.807, 2.05) is 7.05 Å². The van der Waals surface area contributed by atoms with Gasteiger partial charge in [-0.15, -0.1) is 0 Å². The largest absolute Gasteiger partial charge is 0.356 e. The molecule has 1 fully saturated rings. The van der Waals surface area contributed by atoms with Crippen molar-refractivity contribution in [1.82, 2.24) is 10.6 Å². The topological polar surface area (TPSA) is 36.4 Å². The monoisotopic (exact) mass is 327 g/mol. The Morgan fingerprint density at radius 1 is 1.35 bits per heavy atom. The molecule has 3 atom stereocenters. The zero-order valence-electron chi connectivity index (χ0n) is 14.0. The van der Waals surface area contributed by atoms with Gasteiger partial charge in [-0.25, -0.2) is 0 Å². The van der Waals surface area contributed by atoms with Gasteiger partial charge in [0.05, 0.1) is 0 Å². The molecule has 0 bridgehead atoms. The van der Waals surface area contributed by atoms with Crippen LogP contribution in [0.25, 0.3) is 0 Å². The molecule has 1 aliphatic carbocycles. The normalized spacial score (nSPS) is 21.8. The predicted molar refractivity (Wildman–Crippen MR) is 99.6 cm³/mol. The van der Waals surface area contributed by atoms with E-state index in [9.17, 15) is 0 Å². The summed E-state index contributed by atoms with van der Waals surface area (Å²) in [5, 5.41) is 11.4. The molecule has 1 heterocycles. The van der Waals surface area contributed by atoms with Crippen LogP contribution in [0.1, 0.15) is 41.9 Å². The fraction of sp³-hybridized carbons (Fsp3) is 0.421. The first-order valence-corrected chi connectivity index (χ1v) is 9.18. The number of aliphatic imine (C=N–C) groups is 1. The molecule has 1 aromatic heterocycles. The highest BCUT2D eigenvalue weighted by molar-refractivity contribution is 7.07. The van der Waals surface area contributed by atoms with Crippen LogP contribution in [-0.4, -0.2) is 25.6 Å². The minimum Gasteiger partial charge on any atom is -0.356 e. The van der Waals surface area contributed by atoms with Crippen molar-refractivity contribution in [2.75, 3.05) is 13.6 Å². The zero-order valence-corrected chi connectivity index (χ0v) is 14.9. The lowest BCUT2D eigenvalue weighted by Gasteiger charge is -2.15. The van der Waals surface area contributed by atoms with E-state index in [1.165, 1.54) is 23.1 Å². The molecule has 4 heteroatoms. The number of nitrogens with one attached hydrogen (secondary N) is 2. The van der Waals surface area contributed by atoms with Crippen LogP contribution < -0.4 is 10.6 Å². The van der Waals surface area contributed by atoms with Crippen LogP contribution >= 0.6 is 11.3 Å². The first-order chi connectivity index (χ1) is 11.2. The van der Waals surface area contributed by atoms with Gasteiger partial charge >= 0.3 is 0 Å². The number of nitrogens with zero attached hydrogens (tertiary/aromatic N) is 1. The van der Waals surface area contributed by atoms with Gasteiger partial charge in [-0.3, -0.25) is 4.99 Å². The van der Waals surface area contributed by atoms with Crippen molar-refractivity contribution >= 4 is 17.3 Å². The summed E-state index contributed by atoms with van der Waals surface area (Å²) in [6.07, 6.45) is 1.19. The van der Waals surface area contributed by atoms with Gasteiger partial charge in [0, 0.05) is 25.6 Å². The first-order valence-electron chi connectivity index (χ1n) is 8.24. The summed E-state index contributed by atoms with van der Waals surface area (Å²) >= 11 is 1.75. The van der Waals surface area contributed by atoms with Crippen LogP contribution in [0.5, 0.6) is 0 Å². The van der Waals surface area contributed by atoms with Crippen LogP contribution in [0.3, 0.4) is 0 Å². The van der Waals surface area contributed by atoms with E-state index < -0.39 is 0 Å². The Hall–Kier alpha value is -1.81. The van der Waals surface area contributed by atoms with E-state index in [4.69, 9.17) is 0 Å². The summed E-state index contributed by atoms with van der Waals surface area (Å²) in [5.74, 6) is 2.02. The van der Waals surface area contributed by atoms with Crippen molar-refractivity contribution in [3.8, 4) is 0 Å². The molecule has 0 saturated heterocycles. The maximum absolute atomic E-state index is 4.37. The molecule has 0 aliphatic heterocycles. The van der Waals surface area contributed by atoms with Crippen LogP contribution in [0.4, 0.5) is 0 Å². The van der Waals surface area contributed by atoms with Gasteiger partial charge in [-0.2, -0.15) is 11.3 Å². The van der Waals surface area contributed by atoms with Crippen molar-refractivity contribution in [3.05, 3.63) is 57.8 Å². The molecule has 0 radical (unpaired) electrons. The number of hydrogen-bond acceptors (Lipinski definition) is 2. The Balaban J connectivity index is 1.50. The third-order valence-electron chi connectivity index (χ3n) is 4.61. The molecule has 1 saturated carbocycles. The maximum atomic E-state index is 4.37. The van der Waals surface area contributed by atoms with Crippen molar-refractivity contribution in [3.63, 3.8) is 0 Å². The quantitative estimate of drug-likeness (QED) is 0.646. The molecule has 1 aromatic carbocycles. The Morgan fingerprint density at radius 2 is 2.17 bits per heavy atom. The molecule has 3 unspecified atom stereocenters. The molecule has 2 aromatic rings. The highest BCUT2D eigenvalue weighted by Gasteiger charge is 2.39. The van der Waals surface area contributed by atoms with Crippen molar-refractivity contribution in [2.24, 2.45) is 4.99 Å². The average Bonchev–Trinajstić information content (AvgIpc) is 3.09. The highest BCUT2D eigenvalue weighted by Crippen LogP contribution is 2.42. The predicted octanol–water partition coefficient (Wildman–Crippen LogP) is 3.88. The SMILES string of the molecule is CN=C(NCC(C)c1ccsc1)NC1CC1c1ccccc1C. The maximum Gasteiger partial charge on any atom is 0.191 e. The molecular weight excluding hydrogens is 302 g/mol. The fourth-order valence-corrected chi connectivity index (χ4v) is 3.78. The van der Waals surface area contributed by atoms with Gasteiger partial charge in [-0.05, 0) is 52.8 Å². The average molecular weight is 327 g/mol. The van der Waals surface area contributed by atoms with Crippen LogP contribution in [-0.2, 0) is 0 Å². The lowest BCUT2D eigenvalue weighted by Crippen LogP contribution is -2.40. The third-order valence-corrected chi connectivity index (χ3v) is 5.31. The van der Waals surface area contributed by atoms with E-state index in [0.29, 0.717) is 17.9 Å². The Labute approximate surface area is 142 Å². The summed E-state index contributed by atoms with van der Waals surface area (Å²) in [6, 6.07) is 11.4. The zero-order chi connectivity index (χ0) is 16.2. The van der Waals surface area contributed by atoms with Crippen molar-refractivity contribution in [1.29, 1.82) is 0 Å². The van der Waals surface area contributed by atoms with Crippen LogP contribution in [0, 0.1) is 6.92 Å². The molecule has 1 aliphatic rings. The standard InChI is InChI=1S/C19H25N3S/c1-13-6-4-5-7-16(13)17-10-18(17)22-19(20-3)21-11-14(2)15-8-9-23-12-15/h4-9,12,14,17-18H,10-11H2,1-3H3,(H2,20,21,22). The summed E-state index contributed by atoms with van der Waals surface area (Å²) in [7, 11) is 1.84. The number of aryl methyl sites for hydroxylation is 1. The smallest absolute Gasteiger partial charge is 0.191 e. The summed E-state index contributed by atoms with van der Waals surface area (Å²) in [6.45, 7) is 5.34. The molecular formula is C19H25N3S. The van der Waals surface area contributed by atoms with E-state index in [2.05, 4.69) is 70.6 Å². The van der Waals surface area contributed by atoms with E-state index >= 15 is 0 Å². The third kappa shape index (κ3) is 3.94. The molecule has 0 amide bonds. The second kappa shape index (κ2) is 7.18. The molecule has 0 spiro atoms. The minimum absolute atomic E-state index is 0.492. The highest BCUT2D eigenvalue weighted by atomic mass is 32.1.